The number of Topliss-reactive ketones (excluding diaryl/α,β-unsaturated/α-hetero) is 1. The molecule has 1 heterocycles. The van der Waals surface area contributed by atoms with E-state index in [-0.39, 0.29) is 24.0 Å². The fourth-order valence-electron chi connectivity index (χ4n) is 0.853. The number of carbonyl (C=O) groups is 2. The first-order chi connectivity index (χ1) is 6.61. The Morgan fingerprint density at radius 1 is 1.64 bits per heavy atom. The van der Waals surface area contributed by atoms with Crippen molar-refractivity contribution < 1.29 is 14.0 Å². The molecule has 5 nitrogen and oxygen atoms in total. The summed E-state index contributed by atoms with van der Waals surface area (Å²) in [7, 11) is 0. The summed E-state index contributed by atoms with van der Waals surface area (Å²) in [5, 5.41) is 2.40. The van der Waals surface area contributed by atoms with Crippen LogP contribution >= 0.6 is 0 Å². The van der Waals surface area contributed by atoms with E-state index in [1.807, 2.05) is 0 Å². The fraction of sp³-hybridized carbons (Fsp3) is 0.333. The molecule has 0 fully saturated rings. The number of furan rings is 1. The van der Waals surface area contributed by atoms with Crippen LogP contribution in [-0.4, -0.2) is 24.3 Å². The average Bonchev–Trinajstić information content (AvgIpc) is 2.66. The highest BCUT2D eigenvalue weighted by Crippen LogP contribution is 1.99. The molecule has 0 aliphatic rings. The lowest BCUT2D eigenvalue weighted by molar-refractivity contribution is -0.121. The van der Waals surface area contributed by atoms with Crippen LogP contribution in [0.1, 0.15) is 17.5 Å². The quantitative estimate of drug-likeness (QED) is 0.660. The maximum absolute atomic E-state index is 11.3. The first-order valence-electron chi connectivity index (χ1n) is 4.21. The van der Waals surface area contributed by atoms with E-state index in [1.54, 1.807) is 19.1 Å². The van der Waals surface area contributed by atoms with Gasteiger partial charge in [-0.1, -0.05) is 0 Å². The molecule has 0 bridgehead atoms. The molecular weight excluding hydrogens is 184 g/mol. The highest BCUT2D eigenvalue weighted by Gasteiger charge is 2.12. The van der Waals surface area contributed by atoms with Crippen molar-refractivity contribution in [2.45, 2.75) is 13.0 Å². The summed E-state index contributed by atoms with van der Waals surface area (Å²) >= 11 is 0. The van der Waals surface area contributed by atoms with Gasteiger partial charge in [0.25, 0.3) is 0 Å². The largest absolute Gasteiger partial charge is 0.461 e. The topological polar surface area (TPSA) is 85.3 Å². The molecule has 5 heteroatoms. The van der Waals surface area contributed by atoms with Gasteiger partial charge < -0.3 is 15.5 Å². The SMILES string of the molecule is C[C@H](N)C(=O)NCC(=O)c1ccco1. The Balaban J connectivity index is 2.40. The molecule has 0 aliphatic carbocycles. The van der Waals surface area contributed by atoms with Crippen LogP contribution in [0.3, 0.4) is 0 Å². The van der Waals surface area contributed by atoms with E-state index in [4.69, 9.17) is 10.2 Å². The molecule has 3 N–H and O–H groups in total. The van der Waals surface area contributed by atoms with E-state index in [1.165, 1.54) is 6.26 Å². The average molecular weight is 196 g/mol. The zero-order valence-corrected chi connectivity index (χ0v) is 7.82. The molecule has 1 aromatic rings. The summed E-state index contributed by atoms with van der Waals surface area (Å²) in [5.41, 5.74) is 5.29. The van der Waals surface area contributed by atoms with Gasteiger partial charge in [0, 0.05) is 0 Å². The van der Waals surface area contributed by atoms with Gasteiger partial charge in [0.2, 0.25) is 11.7 Å². The van der Waals surface area contributed by atoms with E-state index in [0.717, 1.165) is 0 Å². The molecule has 0 aromatic carbocycles. The second-order valence-corrected chi connectivity index (χ2v) is 2.91. The molecular formula is C9H12N2O3. The Morgan fingerprint density at radius 2 is 2.36 bits per heavy atom. The molecule has 0 saturated heterocycles. The van der Waals surface area contributed by atoms with Crippen molar-refractivity contribution in [3.8, 4) is 0 Å². The van der Waals surface area contributed by atoms with Crippen molar-refractivity contribution in [2.24, 2.45) is 5.73 Å². The van der Waals surface area contributed by atoms with Crippen molar-refractivity contribution in [2.75, 3.05) is 6.54 Å². The van der Waals surface area contributed by atoms with Crippen LogP contribution in [0.25, 0.3) is 0 Å². The van der Waals surface area contributed by atoms with Gasteiger partial charge in [-0.15, -0.1) is 0 Å². The maximum Gasteiger partial charge on any atom is 0.237 e. The van der Waals surface area contributed by atoms with Crippen LogP contribution in [0.2, 0.25) is 0 Å². The lowest BCUT2D eigenvalue weighted by Gasteiger charge is -2.05. The number of nitrogens with two attached hydrogens (primary N) is 1. The van der Waals surface area contributed by atoms with Gasteiger partial charge in [-0.05, 0) is 19.1 Å². The summed E-state index contributed by atoms with van der Waals surface area (Å²) in [6.45, 7) is 1.46. The minimum atomic E-state index is -0.612. The number of nitrogens with one attached hydrogen (secondary N) is 1. The number of amides is 1. The molecule has 0 aliphatic heterocycles. The summed E-state index contributed by atoms with van der Waals surface area (Å²) in [4.78, 5) is 22.3. The highest BCUT2D eigenvalue weighted by molar-refractivity contribution is 5.97. The molecule has 76 valence electrons. The molecule has 14 heavy (non-hydrogen) atoms. The smallest absolute Gasteiger partial charge is 0.237 e. The number of carbonyl (C=O) groups excluding carboxylic acids is 2. The molecule has 1 aromatic heterocycles. The van der Waals surface area contributed by atoms with Crippen LogP contribution < -0.4 is 11.1 Å². The van der Waals surface area contributed by atoms with Crippen molar-refractivity contribution in [3.05, 3.63) is 24.2 Å². The molecule has 0 spiro atoms. The van der Waals surface area contributed by atoms with Gasteiger partial charge in [-0.2, -0.15) is 0 Å². The number of ketones is 1. The summed E-state index contributed by atoms with van der Waals surface area (Å²) < 4.78 is 4.86. The van der Waals surface area contributed by atoms with E-state index < -0.39 is 6.04 Å². The lowest BCUT2D eigenvalue weighted by atomic mass is 10.3. The number of rotatable bonds is 4. The number of hydrogen-bond donors (Lipinski definition) is 2. The third-order valence-electron chi connectivity index (χ3n) is 1.63. The lowest BCUT2D eigenvalue weighted by Crippen LogP contribution is -2.40. The van der Waals surface area contributed by atoms with E-state index in [2.05, 4.69) is 5.32 Å². The van der Waals surface area contributed by atoms with Crippen molar-refractivity contribution in [1.29, 1.82) is 0 Å². The van der Waals surface area contributed by atoms with Crippen LogP contribution in [0.5, 0.6) is 0 Å². The predicted octanol–water partition coefficient (Wildman–Crippen LogP) is -0.0743. The van der Waals surface area contributed by atoms with E-state index >= 15 is 0 Å². The van der Waals surface area contributed by atoms with Crippen LogP contribution in [0.4, 0.5) is 0 Å². The van der Waals surface area contributed by atoms with E-state index in [0.29, 0.717) is 0 Å². The minimum Gasteiger partial charge on any atom is -0.461 e. The van der Waals surface area contributed by atoms with Gasteiger partial charge in [-0.25, -0.2) is 0 Å². The zero-order chi connectivity index (χ0) is 10.6. The monoisotopic (exact) mass is 196 g/mol. The first kappa shape index (κ1) is 10.5. The van der Waals surface area contributed by atoms with Crippen LogP contribution in [-0.2, 0) is 4.79 Å². The Kier molecular flexibility index (Phi) is 3.41. The highest BCUT2D eigenvalue weighted by atomic mass is 16.3. The second-order valence-electron chi connectivity index (χ2n) is 2.91. The fourth-order valence-corrected chi connectivity index (χ4v) is 0.853. The minimum absolute atomic E-state index is 0.0894. The van der Waals surface area contributed by atoms with Crippen LogP contribution in [0.15, 0.2) is 22.8 Å². The standard InChI is InChI=1S/C9H12N2O3/c1-6(10)9(13)11-5-7(12)8-3-2-4-14-8/h2-4,6H,5,10H2,1H3,(H,11,13)/t6-/m0/s1. The number of hydrogen-bond acceptors (Lipinski definition) is 4. The molecule has 1 atom stereocenters. The van der Waals surface area contributed by atoms with Gasteiger partial charge in [0.1, 0.15) is 0 Å². The first-order valence-corrected chi connectivity index (χ1v) is 4.21. The third-order valence-corrected chi connectivity index (χ3v) is 1.63. The molecule has 0 unspecified atom stereocenters. The summed E-state index contributed by atoms with van der Waals surface area (Å²) in [6.07, 6.45) is 1.40. The van der Waals surface area contributed by atoms with Crippen molar-refractivity contribution >= 4 is 11.7 Å². The van der Waals surface area contributed by atoms with Gasteiger partial charge in [0.05, 0.1) is 18.8 Å². The summed E-state index contributed by atoms with van der Waals surface area (Å²) in [5.74, 6) is -0.399. The molecule has 1 amide bonds. The Hall–Kier alpha value is -1.62. The summed E-state index contributed by atoms with van der Waals surface area (Å²) in [6, 6.07) is 2.54. The van der Waals surface area contributed by atoms with Gasteiger partial charge in [0.15, 0.2) is 5.76 Å². The Morgan fingerprint density at radius 3 is 2.86 bits per heavy atom. The normalized spacial score (nSPS) is 12.1. The van der Waals surface area contributed by atoms with Crippen molar-refractivity contribution in [1.82, 2.24) is 5.32 Å². The second kappa shape index (κ2) is 4.57. The molecule has 1 rings (SSSR count). The predicted molar refractivity (Wildman–Crippen MR) is 49.7 cm³/mol. The van der Waals surface area contributed by atoms with Crippen molar-refractivity contribution in [3.63, 3.8) is 0 Å². The zero-order valence-electron chi connectivity index (χ0n) is 7.82. The van der Waals surface area contributed by atoms with E-state index in [9.17, 15) is 9.59 Å². The Bertz CT molecular complexity index is 317. The Labute approximate surface area is 81.3 Å². The van der Waals surface area contributed by atoms with Gasteiger partial charge >= 0.3 is 0 Å². The molecule has 0 radical (unpaired) electrons. The maximum atomic E-state index is 11.3. The van der Waals surface area contributed by atoms with Gasteiger partial charge in [-0.3, -0.25) is 9.59 Å². The van der Waals surface area contributed by atoms with Crippen LogP contribution in [0, 0.1) is 0 Å². The third kappa shape index (κ3) is 2.70. The molecule has 0 saturated carbocycles.